The van der Waals surface area contributed by atoms with Crippen molar-refractivity contribution in [2.75, 3.05) is 0 Å². The molecule has 0 spiro atoms. The summed E-state index contributed by atoms with van der Waals surface area (Å²) in [6.07, 6.45) is 0. The largest absolute Gasteiger partial charge is 0.354 e. The van der Waals surface area contributed by atoms with Gasteiger partial charge in [-0.3, -0.25) is 0 Å². The standard InChI is InChI=1S/C14H11Br2N/c1-7-3-13-9(5-11(7)15)10-6-12(16)8(2)4-14(10)17-13/h3-6,17H,1-2H3. The lowest BCUT2D eigenvalue weighted by Gasteiger charge is -1.99. The van der Waals surface area contributed by atoms with Crippen LogP contribution in [0, 0.1) is 13.8 Å². The molecule has 1 nitrogen and oxygen atoms in total. The SMILES string of the molecule is Cc1cc2[nH]c3cc(C)c(Br)cc3c2cc1Br. The van der Waals surface area contributed by atoms with Crippen LogP contribution in [0.15, 0.2) is 33.2 Å². The van der Waals surface area contributed by atoms with E-state index in [1.165, 1.54) is 32.9 Å². The fourth-order valence-corrected chi connectivity index (χ4v) is 2.85. The maximum atomic E-state index is 3.59. The van der Waals surface area contributed by atoms with Crippen molar-refractivity contribution in [1.29, 1.82) is 0 Å². The summed E-state index contributed by atoms with van der Waals surface area (Å²) >= 11 is 7.19. The molecule has 0 saturated carbocycles. The predicted molar refractivity (Wildman–Crippen MR) is 80.7 cm³/mol. The Morgan fingerprint density at radius 2 is 1.18 bits per heavy atom. The molecular formula is C14H11Br2N. The Bertz CT molecular complexity index is 679. The number of aryl methyl sites for hydroxylation is 2. The minimum atomic E-state index is 1.16. The Kier molecular flexibility index (Phi) is 2.56. The molecule has 0 aliphatic rings. The molecule has 86 valence electrons. The van der Waals surface area contributed by atoms with Crippen LogP contribution < -0.4 is 0 Å². The molecule has 17 heavy (non-hydrogen) atoms. The van der Waals surface area contributed by atoms with Gasteiger partial charge in [-0.25, -0.2) is 0 Å². The summed E-state index contributed by atoms with van der Waals surface area (Å²) in [5.74, 6) is 0. The maximum Gasteiger partial charge on any atom is 0.0468 e. The summed E-state index contributed by atoms with van der Waals surface area (Å²) in [6.45, 7) is 4.21. The van der Waals surface area contributed by atoms with Crippen LogP contribution in [0.1, 0.15) is 11.1 Å². The van der Waals surface area contributed by atoms with Gasteiger partial charge in [0.25, 0.3) is 0 Å². The second-order valence-electron chi connectivity index (χ2n) is 4.42. The van der Waals surface area contributed by atoms with Crippen molar-refractivity contribution in [2.45, 2.75) is 13.8 Å². The highest BCUT2D eigenvalue weighted by Crippen LogP contribution is 2.33. The predicted octanol–water partition coefficient (Wildman–Crippen LogP) is 5.46. The molecule has 1 aromatic heterocycles. The molecule has 0 radical (unpaired) electrons. The summed E-state index contributed by atoms with van der Waals surface area (Å²) in [5, 5.41) is 2.52. The van der Waals surface area contributed by atoms with Crippen molar-refractivity contribution in [3.8, 4) is 0 Å². The second-order valence-corrected chi connectivity index (χ2v) is 6.13. The number of aromatic nitrogens is 1. The van der Waals surface area contributed by atoms with Crippen LogP contribution in [0.4, 0.5) is 0 Å². The molecule has 0 aliphatic carbocycles. The average Bonchev–Trinajstić information content (AvgIpc) is 2.58. The lowest BCUT2D eigenvalue weighted by molar-refractivity contribution is 1.42. The van der Waals surface area contributed by atoms with Crippen molar-refractivity contribution in [3.05, 3.63) is 44.3 Å². The highest BCUT2D eigenvalue weighted by atomic mass is 79.9. The zero-order valence-electron chi connectivity index (χ0n) is 9.57. The van der Waals surface area contributed by atoms with E-state index in [1.54, 1.807) is 0 Å². The summed E-state index contributed by atoms with van der Waals surface area (Å²) in [7, 11) is 0. The Hall–Kier alpha value is -0.800. The summed E-state index contributed by atoms with van der Waals surface area (Å²) in [6, 6.07) is 8.74. The Labute approximate surface area is 116 Å². The molecule has 3 rings (SSSR count). The second kappa shape index (κ2) is 3.85. The van der Waals surface area contributed by atoms with E-state index in [0.717, 1.165) is 8.95 Å². The number of rotatable bonds is 0. The molecule has 0 unspecified atom stereocenters. The number of hydrogen-bond donors (Lipinski definition) is 1. The monoisotopic (exact) mass is 351 g/mol. The minimum absolute atomic E-state index is 1.16. The van der Waals surface area contributed by atoms with Crippen molar-refractivity contribution < 1.29 is 0 Å². The van der Waals surface area contributed by atoms with Crippen molar-refractivity contribution in [2.24, 2.45) is 0 Å². The van der Waals surface area contributed by atoms with Crippen LogP contribution >= 0.6 is 31.9 Å². The molecule has 3 aromatic rings. The van der Waals surface area contributed by atoms with Gasteiger partial charge in [0, 0.05) is 30.8 Å². The van der Waals surface area contributed by atoms with E-state index >= 15 is 0 Å². The van der Waals surface area contributed by atoms with Gasteiger partial charge >= 0.3 is 0 Å². The Morgan fingerprint density at radius 3 is 1.59 bits per heavy atom. The van der Waals surface area contributed by atoms with Gasteiger partial charge in [0.05, 0.1) is 0 Å². The van der Waals surface area contributed by atoms with Crippen LogP contribution in [0.5, 0.6) is 0 Å². The highest BCUT2D eigenvalue weighted by molar-refractivity contribution is 9.10. The third-order valence-corrected chi connectivity index (χ3v) is 4.87. The van der Waals surface area contributed by atoms with Crippen LogP contribution in [0.3, 0.4) is 0 Å². The van der Waals surface area contributed by atoms with Gasteiger partial charge in [-0.15, -0.1) is 0 Å². The van der Waals surface area contributed by atoms with Gasteiger partial charge < -0.3 is 4.98 Å². The average molecular weight is 353 g/mol. The fraction of sp³-hybridized carbons (Fsp3) is 0.143. The van der Waals surface area contributed by atoms with Crippen molar-refractivity contribution >= 4 is 53.7 Å². The minimum Gasteiger partial charge on any atom is -0.354 e. The van der Waals surface area contributed by atoms with E-state index in [9.17, 15) is 0 Å². The number of fused-ring (bicyclic) bond motifs is 3. The zero-order valence-corrected chi connectivity index (χ0v) is 12.7. The van der Waals surface area contributed by atoms with Gasteiger partial charge in [-0.2, -0.15) is 0 Å². The molecule has 0 aliphatic heterocycles. The molecular weight excluding hydrogens is 342 g/mol. The van der Waals surface area contributed by atoms with Gasteiger partial charge in [0.2, 0.25) is 0 Å². The Morgan fingerprint density at radius 1 is 0.765 bits per heavy atom. The van der Waals surface area contributed by atoms with E-state index in [1.807, 2.05) is 0 Å². The molecule has 1 heterocycles. The molecule has 2 aromatic carbocycles. The van der Waals surface area contributed by atoms with Gasteiger partial charge in [-0.05, 0) is 49.2 Å². The molecule has 3 heteroatoms. The zero-order chi connectivity index (χ0) is 12.2. The van der Waals surface area contributed by atoms with E-state index in [4.69, 9.17) is 0 Å². The maximum absolute atomic E-state index is 3.59. The van der Waals surface area contributed by atoms with Crippen molar-refractivity contribution in [3.63, 3.8) is 0 Å². The smallest absolute Gasteiger partial charge is 0.0468 e. The molecule has 0 saturated heterocycles. The molecule has 0 atom stereocenters. The summed E-state index contributed by atoms with van der Waals surface area (Å²) in [5.41, 5.74) is 4.89. The first-order valence-electron chi connectivity index (χ1n) is 5.44. The number of H-pyrrole nitrogens is 1. The van der Waals surface area contributed by atoms with Crippen LogP contribution in [-0.2, 0) is 0 Å². The topological polar surface area (TPSA) is 15.8 Å². The third kappa shape index (κ3) is 1.72. The van der Waals surface area contributed by atoms with E-state index in [-0.39, 0.29) is 0 Å². The highest BCUT2D eigenvalue weighted by Gasteiger charge is 2.08. The molecule has 0 fully saturated rings. The molecule has 0 bridgehead atoms. The first kappa shape index (κ1) is 11.3. The van der Waals surface area contributed by atoms with Crippen LogP contribution in [0.25, 0.3) is 21.8 Å². The lowest BCUT2D eigenvalue weighted by atomic mass is 10.1. The molecule has 1 N–H and O–H groups in total. The number of benzene rings is 2. The van der Waals surface area contributed by atoms with E-state index < -0.39 is 0 Å². The van der Waals surface area contributed by atoms with E-state index in [2.05, 4.69) is 75.0 Å². The summed E-state index contributed by atoms with van der Waals surface area (Å²) in [4.78, 5) is 3.47. The third-order valence-electron chi connectivity index (χ3n) is 3.16. The van der Waals surface area contributed by atoms with Crippen LogP contribution in [-0.4, -0.2) is 4.98 Å². The Balaban J connectivity index is 2.51. The number of nitrogens with one attached hydrogen (secondary N) is 1. The number of hydrogen-bond acceptors (Lipinski definition) is 0. The number of aromatic amines is 1. The number of halogens is 2. The first-order chi connectivity index (χ1) is 8.06. The molecule has 0 amide bonds. The first-order valence-corrected chi connectivity index (χ1v) is 7.02. The lowest BCUT2D eigenvalue weighted by Crippen LogP contribution is -1.76. The van der Waals surface area contributed by atoms with E-state index in [0.29, 0.717) is 0 Å². The van der Waals surface area contributed by atoms with Gasteiger partial charge in [0.15, 0.2) is 0 Å². The van der Waals surface area contributed by atoms with Gasteiger partial charge in [0.1, 0.15) is 0 Å². The van der Waals surface area contributed by atoms with Crippen LogP contribution in [0.2, 0.25) is 0 Å². The fourth-order valence-electron chi connectivity index (χ4n) is 2.16. The quantitative estimate of drug-likeness (QED) is 0.552. The van der Waals surface area contributed by atoms with Gasteiger partial charge in [-0.1, -0.05) is 31.9 Å². The van der Waals surface area contributed by atoms with Crippen molar-refractivity contribution in [1.82, 2.24) is 4.98 Å². The normalized spacial score (nSPS) is 11.5. The summed E-state index contributed by atoms with van der Waals surface area (Å²) < 4.78 is 2.31.